The highest BCUT2D eigenvalue weighted by Gasteiger charge is 2.15. The number of carboxylic acid groups (broad SMARTS) is 1. The summed E-state index contributed by atoms with van der Waals surface area (Å²) in [5, 5.41) is 14.6. The normalized spacial score (nSPS) is 11.2. The third-order valence-corrected chi connectivity index (χ3v) is 6.20. The number of carbonyl (C=O) groups is 1. The molecule has 0 spiro atoms. The minimum atomic E-state index is -1.02. The number of aromatic carboxylic acids is 1. The van der Waals surface area contributed by atoms with Gasteiger partial charge < -0.3 is 14.6 Å². The van der Waals surface area contributed by atoms with Crippen molar-refractivity contribution in [3.05, 3.63) is 97.0 Å². The van der Waals surface area contributed by atoms with Crippen molar-refractivity contribution >= 4 is 50.6 Å². The predicted molar refractivity (Wildman–Crippen MR) is 146 cm³/mol. The topological polar surface area (TPSA) is 103 Å². The zero-order valence-electron chi connectivity index (χ0n) is 20.1. The van der Waals surface area contributed by atoms with Crippen molar-refractivity contribution in [2.75, 3.05) is 7.11 Å². The largest absolute Gasteiger partial charge is 0.493 e. The monoisotopic (exact) mass is 583 g/mol. The van der Waals surface area contributed by atoms with Gasteiger partial charge in [0.1, 0.15) is 12.4 Å². The lowest BCUT2D eigenvalue weighted by atomic mass is 10.1. The van der Waals surface area contributed by atoms with Crippen LogP contribution in [0.1, 0.15) is 40.7 Å². The fraction of sp³-hybridized carbons (Fsp3) is 0.185. The summed E-state index contributed by atoms with van der Waals surface area (Å²) < 4.78 is 13.6. The van der Waals surface area contributed by atoms with E-state index in [1.54, 1.807) is 36.4 Å². The number of aryl methyl sites for hydroxylation is 1. The molecule has 1 heterocycles. The molecule has 0 saturated carbocycles. The summed E-state index contributed by atoms with van der Waals surface area (Å²) in [6.07, 6.45) is 2.81. The van der Waals surface area contributed by atoms with Crippen LogP contribution in [0, 0.1) is 0 Å². The molecule has 37 heavy (non-hydrogen) atoms. The summed E-state index contributed by atoms with van der Waals surface area (Å²) in [4.78, 5) is 29.3. The average Bonchev–Trinajstić information content (AvgIpc) is 2.88. The van der Waals surface area contributed by atoms with Gasteiger partial charge in [0, 0.05) is 27.5 Å². The Morgan fingerprint density at radius 2 is 2.03 bits per heavy atom. The number of aromatic nitrogens is 2. The smallest absolute Gasteiger partial charge is 0.335 e. The molecular formula is C27H23BrClN3O5. The van der Waals surface area contributed by atoms with Gasteiger partial charge in [-0.15, -0.1) is 0 Å². The van der Waals surface area contributed by atoms with E-state index in [-0.39, 0.29) is 17.7 Å². The fourth-order valence-corrected chi connectivity index (χ4v) is 4.34. The highest BCUT2D eigenvalue weighted by atomic mass is 79.9. The average molecular weight is 585 g/mol. The van der Waals surface area contributed by atoms with Gasteiger partial charge in [-0.2, -0.15) is 9.78 Å². The second-order valence-electron chi connectivity index (χ2n) is 8.12. The van der Waals surface area contributed by atoms with Gasteiger partial charge in [0.2, 0.25) is 0 Å². The summed E-state index contributed by atoms with van der Waals surface area (Å²) in [6, 6.07) is 15.1. The van der Waals surface area contributed by atoms with E-state index in [1.165, 1.54) is 30.1 Å². The molecule has 0 unspecified atom stereocenters. The van der Waals surface area contributed by atoms with Crippen molar-refractivity contribution < 1.29 is 19.4 Å². The first-order valence-corrected chi connectivity index (χ1v) is 12.6. The molecule has 1 aromatic heterocycles. The van der Waals surface area contributed by atoms with E-state index in [0.717, 1.165) is 10.9 Å². The van der Waals surface area contributed by atoms with Crippen molar-refractivity contribution in [1.29, 1.82) is 0 Å². The molecule has 0 radical (unpaired) electrons. The molecule has 1 N–H and O–H groups in total. The Bertz CT molecular complexity index is 1570. The molecule has 0 aliphatic carbocycles. The first kappa shape index (κ1) is 26.4. The van der Waals surface area contributed by atoms with Gasteiger partial charge in [0.05, 0.1) is 29.8 Å². The van der Waals surface area contributed by atoms with Gasteiger partial charge in [-0.3, -0.25) is 4.79 Å². The van der Waals surface area contributed by atoms with Crippen molar-refractivity contribution in [3.63, 3.8) is 0 Å². The Labute approximate surface area is 226 Å². The van der Waals surface area contributed by atoms with E-state index in [9.17, 15) is 14.7 Å². The van der Waals surface area contributed by atoms with E-state index in [1.807, 2.05) is 13.0 Å². The van der Waals surface area contributed by atoms with Gasteiger partial charge in [-0.1, -0.05) is 46.6 Å². The van der Waals surface area contributed by atoms with Crippen LogP contribution in [0.25, 0.3) is 10.9 Å². The molecule has 4 aromatic rings. The Hall–Kier alpha value is -3.69. The maximum absolute atomic E-state index is 13.3. The molecular weight excluding hydrogens is 562 g/mol. The number of nitrogens with zero attached hydrogens (tertiary/aromatic N) is 3. The molecule has 8 nitrogen and oxygen atoms in total. The minimum Gasteiger partial charge on any atom is -0.493 e. The van der Waals surface area contributed by atoms with Crippen molar-refractivity contribution in [1.82, 2.24) is 9.66 Å². The number of rotatable bonds is 9. The van der Waals surface area contributed by atoms with Crippen LogP contribution in [0.4, 0.5) is 0 Å². The van der Waals surface area contributed by atoms with E-state index in [0.29, 0.717) is 50.8 Å². The van der Waals surface area contributed by atoms with Gasteiger partial charge in [-0.25, -0.2) is 9.78 Å². The number of benzene rings is 3. The standard InChI is InChI=1S/C27H23BrClN3O5/c1-3-5-24-31-22-9-8-19(28)12-21(22)26(33)32(24)30-14-18-11-20(29)13-23(36-2)25(18)37-15-16-6-4-7-17(10-16)27(34)35/h4,6-14H,3,5,15H2,1-2H3,(H,34,35). The van der Waals surface area contributed by atoms with Crippen LogP contribution >= 0.6 is 27.5 Å². The van der Waals surface area contributed by atoms with Gasteiger partial charge >= 0.3 is 5.97 Å². The molecule has 0 atom stereocenters. The van der Waals surface area contributed by atoms with E-state index in [4.69, 9.17) is 21.1 Å². The minimum absolute atomic E-state index is 0.0759. The molecule has 0 aliphatic rings. The highest BCUT2D eigenvalue weighted by molar-refractivity contribution is 9.10. The lowest BCUT2D eigenvalue weighted by Crippen LogP contribution is -2.22. The highest BCUT2D eigenvalue weighted by Crippen LogP contribution is 2.34. The lowest BCUT2D eigenvalue weighted by Gasteiger charge is -2.14. The predicted octanol–water partition coefficient (Wildman–Crippen LogP) is 5.93. The quantitative estimate of drug-likeness (QED) is 0.245. The Balaban J connectivity index is 1.76. The molecule has 10 heteroatoms. The van der Waals surface area contributed by atoms with Crippen LogP contribution in [0.2, 0.25) is 5.02 Å². The summed E-state index contributed by atoms with van der Waals surface area (Å²) in [7, 11) is 1.49. The molecule has 190 valence electrons. The second-order valence-corrected chi connectivity index (χ2v) is 9.47. The maximum atomic E-state index is 13.3. The van der Waals surface area contributed by atoms with E-state index < -0.39 is 5.97 Å². The first-order chi connectivity index (χ1) is 17.8. The van der Waals surface area contributed by atoms with Crippen LogP contribution in [0.15, 0.2) is 69.0 Å². The zero-order chi connectivity index (χ0) is 26.5. The molecule has 0 saturated heterocycles. The Morgan fingerprint density at radius 3 is 2.76 bits per heavy atom. The van der Waals surface area contributed by atoms with Crippen LogP contribution in [0.3, 0.4) is 0 Å². The number of hydrogen-bond donors (Lipinski definition) is 1. The Morgan fingerprint density at radius 1 is 1.22 bits per heavy atom. The third-order valence-electron chi connectivity index (χ3n) is 5.49. The Kier molecular flexibility index (Phi) is 8.25. The van der Waals surface area contributed by atoms with E-state index in [2.05, 4.69) is 26.0 Å². The van der Waals surface area contributed by atoms with Crippen LogP contribution in [-0.2, 0) is 13.0 Å². The summed E-state index contributed by atoms with van der Waals surface area (Å²) >= 11 is 9.72. The van der Waals surface area contributed by atoms with Crippen molar-refractivity contribution in [2.45, 2.75) is 26.4 Å². The fourth-order valence-electron chi connectivity index (χ4n) is 3.76. The molecule has 3 aromatic carbocycles. The molecule has 0 fully saturated rings. The summed E-state index contributed by atoms with van der Waals surface area (Å²) in [6.45, 7) is 2.08. The van der Waals surface area contributed by atoms with Crippen LogP contribution in [0.5, 0.6) is 11.5 Å². The SMILES string of the molecule is CCCc1nc2ccc(Br)cc2c(=O)n1N=Cc1cc(Cl)cc(OC)c1OCc1cccc(C(=O)O)c1. The third kappa shape index (κ3) is 6.00. The zero-order valence-corrected chi connectivity index (χ0v) is 22.4. The van der Waals surface area contributed by atoms with Gasteiger partial charge in [-0.05, 0) is 48.4 Å². The second kappa shape index (κ2) is 11.6. The number of ether oxygens (including phenoxy) is 2. The molecule has 0 bridgehead atoms. The van der Waals surface area contributed by atoms with E-state index >= 15 is 0 Å². The summed E-state index contributed by atoms with van der Waals surface area (Å²) in [5.74, 6) is 0.214. The molecule has 0 aliphatic heterocycles. The number of hydrogen-bond acceptors (Lipinski definition) is 6. The number of fused-ring (bicyclic) bond motifs is 1. The maximum Gasteiger partial charge on any atom is 0.335 e. The van der Waals surface area contributed by atoms with Crippen LogP contribution in [-0.4, -0.2) is 34.1 Å². The number of carboxylic acids is 1. The van der Waals surface area contributed by atoms with Crippen LogP contribution < -0.4 is 15.0 Å². The molecule has 0 amide bonds. The first-order valence-electron chi connectivity index (χ1n) is 11.4. The lowest BCUT2D eigenvalue weighted by molar-refractivity contribution is 0.0696. The van der Waals surface area contributed by atoms with Gasteiger partial charge in [0.25, 0.3) is 5.56 Å². The number of halogens is 2. The van der Waals surface area contributed by atoms with Crippen molar-refractivity contribution in [2.24, 2.45) is 5.10 Å². The van der Waals surface area contributed by atoms with Crippen molar-refractivity contribution in [3.8, 4) is 11.5 Å². The summed E-state index contributed by atoms with van der Waals surface area (Å²) in [5.41, 5.74) is 1.59. The number of methoxy groups -OCH3 is 1. The molecule has 4 rings (SSSR count). The van der Waals surface area contributed by atoms with Gasteiger partial charge in [0.15, 0.2) is 11.5 Å².